The lowest BCUT2D eigenvalue weighted by molar-refractivity contribution is 0.0674. The number of nitrogens with one attached hydrogen (secondary N) is 1. The number of carbonyl (C=O) groups is 1. The van der Waals surface area contributed by atoms with Crippen molar-refractivity contribution in [1.82, 2.24) is 10.2 Å². The number of para-hydroxylation sites is 1. The highest BCUT2D eigenvalue weighted by Crippen LogP contribution is 2.24. The second-order valence-electron chi connectivity index (χ2n) is 7.38. The molecule has 152 valence electrons. The molecule has 1 aliphatic rings. The second kappa shape index (κ2) is 9.25. The average Bonchev–Trinajstić information content (AvgIpc) is 2.73. The van der Waals surface area contributed by atoms with E-state index in [-0.39, 0.29) is 18.3 Å². The molecule has 5 nitrogen and oxygen atoms in total. The molecule has 1 unspecified atom stereocenters. The van der Waals surface area contributed by atoms with Crippen LogP contribution in [0.2, 0.25) is 0 Å². The van der Waals surface area contributed by atoms with Crippen molar-refractivity contribution in [2.75, 3.05) is 26.7 Å². The molecule has 2 heterocycles. The zero-order valence-electron chi connectivity index (χ0n) is 16.4. The molecule has 2 aromatic carbocycles. The van der Waals surface area contributed by atoms with Crippen LogP contribution in [0.1, 0.15) is 23.2 Å². The fraction of sp³-hybridized carbons (Fsp3) is 0.304. The van der Waals surface area contributed by atoms with Crippen LogP contribution in [0, 0.1) is 5.92 Å². The number of hydrogen-bond acceptors (Lipinski definition) is 4. The molecule has 1 amide bonds. The van der Waals surface area contributed by atoms with E-state index in [2.05, 4.69) is 5.32 Å². The Morgan fingerprint density at radius 3 is 2.83 bits per heavy atom. The van der Waals surface area contributed by atoms with Gasteiger partial charge in [0, 0.05) is 24.0 Å². The zero-order valence-corrected chi connectivity index (χ0v) is 17.2. The number of carbonyl (C=O) groups excluding carboxylic acids is 1. The molecule has 0 radical (unpaired) electrons. The molecule has 1 N–H and O–H groups in total. The fourth-order valence-corrected chi connectivity index (χ4v) is 3.97. The van der Waals surface area contributed by atoms with Gasteiger partial charge in [0.2, 0.25) is 0 Å². The fourth-order valence-electron chi connectivity index (χ4n) is 3.97. The Balaban J connectivity index is 0.00000240. The lowest BCUT2D eigenvalue weighted by Crippen LogP contribution is -2.42. The molecule has 0 bridgehead atoms. The first-order valence-electron chi connectivity index (χ1n) is 9.73. The van der Waals surface area contributed by atoms with E-state index < -0.39 is 5.63 Å². The molecule has 1 aromatic heterocycles. The molecule has 0 saturated carbocycles. The highest BCUT2D eigenvalue weighted by atomic mass is 35.5. The maximum atomic E-state index is 13.0. The highest BCUT2D eigenvalue weighted by Gasteiger charge is 2.24. The van der Waals surface area contributed by atoms with Gasteiger partial charge in [0.1, 0.15) is 5.58 Å². The molecular formula is C23H25ClN2O3. The topological polar surface area (TPSA) is 62.6 Å². The lowest BCUT2D eigenvalue weighted by Gasteiger charge is -2.32. The maximum absolute atomic E-state index is 13.0. The minimum absolute atomic E-state index is 0. The third-order valence-corrected chi connectivity index (χ3v) is 5.36. The van der Waals surface area contributed by atoms with Crippen LogP contribution < -0.4 is 10.9 Å². The van der Waals surface area contributed by atoms with Crippen molar-refractivity contribution in [2.45, 2.75) is 12.8 Å². The van der Waals surface area contributed by atoms with E-state index in [1.807, 2.05) is 54.4 Å². The number of amides is 1. The first kappa shape index (κ1) is 21.1. The number of hydrogen-bond donors (Lipinski definition) is 1. The molecule has 1 fully saturated rings. The van der Waals surface area contributed by atoms with Crippen molar-refractivity contribution in [1.29, 1.82) is 0 Å². The van der Waals surface area contributed by atoms with Crippen molar-refractivity contribution in [3.05, 3.63) is 70.6 Å². The number of fused-ring (bicyclic) bond motifs is 1. The minimum atomic E-state index is -0.393. The van der Waals surface area contributed by atoms with Gasteiger partial charge in [-0.25, -0.2) is 4.79 Å². The van der Waals surface area contributed by atoms with Gasteiger partial charge in [0.15, 0.2) is 0 Å². The van der Waals surface area contributed by atoms with Gasteiger partial charge >= 0.3 is 5.63 Å². The molecule has 29 heavy (non-hydrogen) atoms. The molecule has 3 aromatic rings. The largest absolute Gasteiger partial charge is 0.422 e. The van der Waals surface area contributed by atoms with Gasteiger partial charge in [-0.2, -0.15) is 0 Å². The average molecular weight is 413 g/mol. The number of halogens is 1. The number of rotatable bonds is 4. The van der Waals surface area contributed by atoms with E-state index in [0.717, 1.165) is 37.9 Å². The Kier molecular flexibility index (Phi) is 6.72. The van der Waals surface area contributed by atoms with Gasteiger partial charge in [0.05, 0.1) is 5.56 Å². The lowest BCUT2D eigenvalue weighted by atomic mass is 9.97. The predicted molar refractivity (Wildman–Crippen MR) is 118 cm³/mol. The summed E-state index contributed by atoms with van der Waals surface area (Å²) in [6, 6.07) is 16.5. The third-order valence-electron chi connectivity index (χ3n) is 5.36. The normalized spacial score (nSPS) is 16.4. The molecule has 6 heteroatoms. The van der Waals surface area contributed by atoms with Crippen molar-refractivity contribution in [2.24, 2.45) is 5.92 Å². The molecule has 1 aliphatic heterocycles. The van der Waals surface area contributed by atoms with E-state index in [4.69, 9.17) is 4.42 Å². The van der Waals surface area contributed by atoms with Gasteiger partial charge in [-0.3, -0.25) is 4.79 Å². The van der Waals surface area contributed by atoms with Gasteiger partial charge in [-0.1, -0.05) is 30.3 Å². The molecule has 0 spiro atoms. The van der Waals surface area contributed by atoms with Crippen molar-refractivity contribution < 1.29 is 9.21 Å². The molecule has 4 rings (SSSR count). The smallest absolute Gasteiger partial charge is 0.344 e. The summed E-state index contributed by atoms with van der Waals surface area (Å²) in [5, 5.41) is 4.07. The Morgan fingerprint density at radius 1 is 1.17 bits per heavy atom. The Bertz CT molecular complexity index is 1060. The van der Waals surface area contributed by atoms with Crippen LogP contribution in [0.3, 0.4) is 0 Å². The SMILES string of the molecule is CNCC1CCCN(C(=O)c2cccc(-c3cc4ccccc4oc3=O)c2)C1.Cl. The minimum Gasteiger partial charge on any atom is -0.422 e. The van der Waals surface area contributed by atoms with Gasteiger partial charge in [-0.05, 0) is 62.2 Å². The first-order valence-corrected chi connectivity index (χ1v) is 9.73. The number of nitrogens with zero attached hydrogens (tertiary/aromatic N) is 1. The molecular weight excluding hydrogens is 388 g/mol. The predicted octanol–water partition coefficient (Wildman–Crippen LogP) is 3.95. The van der Waals surface area contributed by atoms with Crippen LogP contribution >= 0.6 is 12.4 Å². The summed E-state index contributed by atoms with van der Waals surface area (Å²) >= 11 is 0. The number of piperidine rings is 1. The van der Waals surface area contributed by atoms with E-state index in [1.165, 1.54) is 0 Å². The Morgan fingerprint density at radius 2 is 2.00 bits per heavy atom. The van der Waals surface area contributed by atoms with E-state index in [1.54, 1.807) is 12.1 Å². The van der Waals surface area contributed by atoms with Gasteiger partial charge in [0.25, 0.3) is 5.91 Å². The summed E-state index contributed by atoms with van der Waals surface area (Å²) in [5.41, 5.74) is 1.95. The van der Waals surface area contributed by atoms with Crippen molar-refractivity contribution in [3.8, 4) is 11.1 Å². The van der Waals surface area contributed by atoms with E-state index in [0.29, 0.717) is 28.2 Å². The quantitative estimate of drug-likeness (QED) is 0.659. The first-order chi connectivity index (χ1) is 13.7. The molecule has 1 saturated heterocycles. The number of likely N-dealkylation sites (tertiary alicyclic amines) is 1. The highest BCUT2D eigenvalue weighted by molar-refractivity contribution is 5.95. The monoisotopic (exact) mass is 412 g/mol. The van der Waals surface area contributed by atoms with Crippen LogP contribution in [0.25, 0.3) is 22.1 Å². The summed E-state index contributed by atoms with van der Waals surface area (Å²) in [4.78, 5) is 27.4. The molecule has 1 atom stereocenters. The van der Waals surface area contributed by atoms with Crippen LogP contribution in [0.5, 0.6) is 0 Å². The summed E-state index contributed by atoms with van der Waals surface area (Å²) in [7, 11) is 1.94. The second-order valence-corrected chi connectivity index (χ2v) is 7.38. The maximum Gasteiger partial charge on any atom is 0.344 e. The summed E-state index contributed by atoms with van der Waals surface area (Å²) in [6.07, 6.45) is 2.16. The van der Waals surface area contributed by atoms with Crippen molar-refractivity contribution in [3.63, 3.8) is 0 Å². The Labute approximate surface area is 176 Å². The van der Waals surface area contributed by atoms with Crippen LogP contribution in [0.15, 0.2) is 63.8 Å². The van der Waals surface area contributed by atoms with Crippen LogP contribution in [-0.2, 0) is 0 Å². The summed E-state index contributed by atoms with van der Waals surface area (Å²) in [5.74, 6) is 0.506. The number of benzene rings is 2. The van der Waals surface area contributed by atoms with E-state index in [9.17, 15) is 9.59 Å². The van der Waals surface area contributed by atoms with Crippen LogP contribution in [-0.4, -0.2) is 37.5 Å². The zero-order chi connectivity index (χ0) is 19.5. The van der Waals surface area contributed by atoms with E-state index >= 15 is 0 Å². The van der Waals surface area contributed by atoms with Crippen molar-refractivity contribution >= 4 is 29.3 Å². The Hall–Kier alpha value is -2.63. The third kappa shape index (κ3) is 4.52. The van der Waals surface area contributed by atoms with Gasteiger partial charge < -0.3 is 14.6 Å². The van der Waals surface area contributed by atoms with Gasteiger partial charge in [-0.15, -0.1) is 12.4 Å². The summed E-state index contributed by atoms with van der Waals surface area (Å²) in [6.45, 7) is 2.46. The summed E-state index contributed by atoms with van der Waals surface area (Å²) < 4.78 is 5.45. The van der Waals surface area contributed by atoms with Crippen LogP contribution in [0.4, 0.5) is 0 Å². The standard InChI is InChI=1S/C23H24N2O3.ClH/c1-24-14-16-6-5-11-25(15-16)22(26)19-9-4-8-17(12-19)20-13-18-7-2-3-10-21(18)28-23(20)27;/h2-4,7-10,12-13,16,24H,5-6,11,14-15H2,1H3;1H. The molecule has 0 aliphatic carbocycles.